The molecule has 0 aromatic carbocycles. The van der Waals surface area contributed by atoms with E-state index in [0.717, 1.165) is 22.7 Å². The number of aryl methyl sites for hydroxylation is 1. The lowest BCUT2D eigenvalue weighted by Crippen LogP contribution is -2.11. The fourth-order valence-electron chi connectivity index (χ4n) is 2.18. The van der Waals surface area contributed by atoms with Gasteiger partial charge in [-0.05, 0) is 31.4 Å². The van der Waals surface area contributed by atoms with Crippen LogP contribution in [0.3, 0.4) is 0 Å². The van der Waals surface area contributed by atoms with E-state index in [1.54, 1.807) is 13.0 Å². The van der Waals surface area contributed by atoms with Crippen LogP contribution in [0, 0.1) is 18.3 Å². The molecule has 0 N–H and O–H groups in total. The van der Waals surface area contributed by atoms with E-state index >= 15 is 0 Å². The second-order valence-electron chi connectivity index (χ2n) is 5.28. The van der Waals surface area contributed by atoms with Gasteiger partial charge in [0.15, 0.2) is 0 Å². The number of halogens is 3. The summed E-state index contributed by atoms with van der Waals surface area (Å²) < 4.78 is 45.2. The van der Waals surface area contributed by atoms with Crippen molar-refractivity contribution in [2.24, 2.45) is 0 Å². The highest BCUT2D eigenvalue weighted by Crippen LogP contribution is 2.40. The zero-order valence-electron chi connectivity index (χ0n) is 13.5. The maximum atomic E-state index is 13.2. The smallest absolute Gasteiger partial charge is 0.417 e. The lowest BCUT2D eigenvalue weighted by atomic mass is 10.1. The normalized spacial score (nSPS) is 12.8. The first kappa shape index (κ1) is 18.4. The van der Waals surface area contributed by atoms with Gasteiger partial charge in [-0.15, -0.1) is 21.5 Å². The van der Waals surface area contributed by atoms with Gasteiger partial charge in [0.2, 0.25) is 5.89 Å². The number of hydrogen-bond donors (Lipinski definition) is 0. The summed E-state index contributed by atoms with van der Waals surface area (Å²) in [6, 6.07) is 6.15. The quantitative estimate of drug-likeness (QED) is 0.561. The number of thiophene rings is 1. The zero-order chi connectivity index (χ0) is 18.9. The summed E-state index contributed by atoms with van der Waals surface area (Å²) >= 11 is 2.41. The number of pyridine rings is 1. The third-order valence-electron chi connectivity index (χ3n) is 3.34. The van der Waals surface area contributed by atoms with Crippen molar-refractivity contribution in [1.29, 1.82) is 5.26 Å². The van der Waals surface area contributed by atoms with E-state index in [1.165, 1.54) is 18.3 Å². The first-order chi connectivity index (χ1) is 12.3. The van der Waals surface area contributed by atoms with Gasteiger partial charge in [-0.2, -0.15) is 18.4 Å². The largest absolute Gasteiger partial charge is 0.419 e. The molecule has 1 atom stereocenters. The van der Waals surface area contributed by atoms with E-state index in [2.05, 4.69) is 15.2 Å². The molecule has 0 radical (unpaired) electrons. The summed E-state index contributed by atoms with van der Waals surface area (Å²) in [5.74, 6) is 0.593. The van der Waals surface area contributed by atoms with Crippen LogP contribution in [0.2, 0.25) is 0 Å². The van der Waals surface area contributed by atoms with E-state index in [9.17, 15) is 18.4 Å². The minimum Gasteiger partial charge on any atom is -0.419 e. The van der Waals surface area contributed by atoms with Crippen LogP contribution in [0.15, 0.2) is 33.0 Å². The molecule has 1 unspecified atom stereocenters. The molecule has 3 aromatic heterocycles. The molecule has 26 heavy (non-hydrogen) atoms. The predicted molar refractivity (Wildman–Crippen MR) is 90.6 cm³/mol. The Bertz CT molecular complexity index is 961. The molecule has 0 spiro atoms. The van der Waals surface area contributed by atoms with Crippen molar-refractivity contribution in [1.82, 2.24) is 15.2 Å². The molecule has 10 heteroatoms. The molecule has 0 saturated carbocycles. The van der Waals surface area contributed by atoms with Crippen LogP contribution < -0.4 is 0 Å². The van der Waals surface area contributed by atoms with Gasteiger partial charge >= 0.3 is 6.18 Å². The molecule has 3 rings (SSSR count). The fraction of sp³-hybridized carbons (Fsp3) is 0.250. The number of thioether (sulfide) groups is 1. The average molecular weight is 396 g/mol. The molecule has 5 nitrogen and oxygen atoms in total. The lowest BCUT2D eigenvalue weighted by Gasteiger charge is -2.14. The number of hydrogen-bond acceptors (Lipinski definition) is 7. The summed E-state index contributed by atoms with van der Waals surface area (Å²) in [6.07, 6.45) is -4.63. The maximum Gasteiger partial charge on any atom is 0.417 e. The molecule has 0 amide bonds. The van der Waals surface area contributed by atoms with Crippen LogP contribution in [0.25, 0.3) is 10.8 Å². The van der Waals surface area contributed by atoms with Crippen molar-refractivity contribution in [3.63, 3.8) is 0 Å². The third kappa shape index (κ3) is 3.73. The van der Waals surface area contributed by atoms with E-state index in [-0.39, 0.29) is 16.6 Å². The van der Waals surface area contributed by atoms with Crippen LogP contribution in [-0.4, -0.2) is 15.2 Å². The zero-order valence-corrected chi connectivity index (χ0v) is 15.2. The minimum atomic E-state index is -4.63. The Hall–Kier alpha value is -2.38. The Labute approximate surface area is 154 Å². The number of nitriles is 1. The standard InChI is InChI=1S/C16H11F3N4OS2/c1-8-6-11(16(17,18)19)10(7-20)15(21-8)26-9(2)13-22-23-14(24-13)12-4-3-5-25-12/h3-6,9H,1-2H3. The van der Waals surface area contributed by atoms with Gasteiger partial charge in [0.05, 0.1) is 21.3 Å². The summed E-state index contributed by atoms with van der Waals surface area (Å²) in [7, 11) is 0. The van der Waals surface area contributed by atoms with Crippen LogP contribution in [0.1, 0.15) is 34.9 Å². The van der Waals surface area contributed by atoms with Crippen molar-refractivity contribution in [3.8, 4) is 16.8 Å². The molecular weight excluding hydrogens is 385 g/mol. The predicted octanol–water partition coefficient (Wildman–Crippen LogP) is 5.25. The van der Waals surface area contributed by atoms with Crippen molar-refractivity contribution < 1.29 is 17.6 Å². The van der Waals surface area contributed by atoms with Crippen molar-refractivity contribution in [3.05, 3.63) is 46.3 Å². The molecule has 0 aliphatic rings. The Morgan fingerprint density at radius 3 is 2.73 bits per heavy atom. The summed E-state index contributed by atoms with van der Waals surface area (Å²) in [5, 5.41) is 18.5. The van der Waals surface area contributed by atoms with Gasteiger partial charge in [-0.1, -0.05) is 17.8 Å². The van der Waals surface area contributed by atoms with Gasteiger partial charge in [-0.3, -0.25) is 0 Å². The van der Waals surface area contributed by atoms with Crippen molar-refractivity contribution >= 4 is 23.1 Å². The molecule has 3 heterocycles. The first-order valence-corrected chi connectivity index (χ1v) is 9.08. The monoisotopic (exact) mass is 396 g/mol. The van der Waals surface area contributed by atoms with Crippen molar-refractivity contribution in [2.75, 3.05) is 0 Å². The molecular formula is C16H11F3N4OS2. The molecule has 0 saturated heterocycles. The van der Waals surface area contributed by atoms with Gasteiger partial charge in [0.25, 0.3) is 5.89 Å². The first-order valence-electron chi connectivity index (χ1n) is 7.32. The van der Waals surface area contributed by atoms with Gasteiger partial charge in [0.1, 0.15) is 11.1 Å². The highest BCUT2D eigenvalue weighted by atomic mass is 32.2. The average Bonchev–Trinajstić information content (AvgIpc) is 3.24. The SMILES string of the molecule is Cc1cc(C(F)(F)F)c(C#N)c(SC(C)c2nnc(-c3cccs3)o2)n1. The van der Waals surface area contributed by atoms with E-state index in [1.807, 2.05) is 17.5 Å². The minimum absolute atomic E-state index is 0.0109. The second kappa shape index (κ2) is 7.09. The Morgan fingerprint density at radius 2 is 2.12 bits per heavy atom. The Balaban J connectivity index is 1.91. The topological polar surface area (TPSA) is 75.6 Å². The molecule has 0 aliphatic heterocycles. The number of nitrogens with zero attached hydrogens (tertiary/aromatic N) is 4. The lowest BCUT2D eigenvalue weighted by molar-refractivity contribution is -0.138. The van der Waals surface area contributed by atoms with Crippen LogP contribution >= 0.6 is 23.1 Å². The van der Waals surface area contributed by atoms with Gasteiger partial charge in [0, 0.05) is 5.69 Å². The second-order valence-corrected chi connectivity index (χ2v) is 7.56. The molecule has 0 fully saturated rings. The Kier molecular flexibility index (Phi) is 5.02. The number of alkyl halides is 3. The van der Waals surface area contributed by atoms with Crippen molar-refractivity contribution in [2.45, 2.75) is 30.3 Å². The summed E-state index contributed by atoms with van der Waals surface area (Å²) in [5.41, 5.74) is -1.32. The number of aromatic nitrogens is 3. The molecule has 0 aliphatic carbocycles. The van der Waals surface area contributed by atoms with E-state index in [4.69, 9.17) is 4.42 Å². The van der Waals surface area contributed by atoms with Crippen LogP contribution in [0.5, 0.6) is 0 Å². The van der Waals surface area contributed by atoms with Crippen LogP contribution in [-0.2, 0) is 6.18 Å². The number of rotatable bonds is 4. The molecule has 0 bridgehead atoms. The fourth-order valence-corrected chi connectivity index (χ4v) is 3.82. The highest BCUT2D eigenvalue weighted by Gasteiger charge is 2.36. The van der Waals surface area contributed by atoms with E-state index < -0.39 is 22.6 Å². The van der Waals surface area contributed by atoms with Gasteiger partial charge in [-0.25, -0.2) is 4.98 Å². The summed E-state index contributed by atoms with van der Waals surface area (Å²) in [4.78, 5) is 4.89. The highest BCUT2D eigenvalue weighted by molar-refractivity contribution is 7.99. The van der Waals surface area contributed by atoms with E-state index in [0.29, 0.717) is 5.89 Å². The molecule has 3 aromatic rings. The van der Waals surface area contributed by atoms with Gasteiger partial charge < -0.3 is 4.42 Å². The maximum absolute atomic E-state index is 13.2. The molecule has 134 valence electrons. The third-order valence-corrected chi connectivity index (χ3v) is 5.27. The summed E-state index contributed by atoms with van der Waals surface area (Å²) in [6.45, 7) is 3.15. The Morgan fingerprint density at radius 1 is 1.35 bits per heavy atom. The van der Waals surface area contributed by atoms with Crippen LogP contribution in [0.4, 0.5) is 13.2 Å².